The number of para-hydroxylation sites is 1. The molecule has 1 aliphatic rings. The van der Waals surface area contributed by atoms with E-state index in [0.717, 1.165) is 11.3 Å². The highest BCUT2D eigenvalue weighted by Crippen LogP contribution is 2.41. The smallest absolute Gasteiger partial charge is 0.128 e. The maximum absolute atomic E-state index is 6.39. The molecule has 0 spiro atoms. The van der Waals surface area contributed by atoms with Crippen molar-refractivity contribution in [2.45, 2.75) is 57.4 Å². The van der Waals surface area contributed by atoms with Crippen LogP contribution in [0.5, 0.6) is 0 Å². The monoisotopic (exact) mass is 276 g/mol. The van der Waals surface area contributed by atoms with Crippen LogP contribution in [-0.4, -0.2) is 9.55 Å². The molecule has 0 N–H and O–H groups in total. The summed E-state index contributed by atoms with van der Waals surface area (Å²) in [4.78, 5) is 4.79. The van der Waals surface area contributed by atoms with Crippen LogP contribution < -0.4 is 0 Å². The van der Waals surface area contributed by atoms with Gasteiger partial charge in [-0.15, -0.1) is 11.6 Å². The van der Waals surface area contributed by atoms with E-state index in [1.165, 1.54) is 36.8 Å². The zero-order valence-electron chi connectivity index (χ0n) is 11.9. The first kappa shape index (κ1) is 13.0. The summed E-state index contributed by atoms with van der Waals surface area (Å²) in [5, 5.41) is -0.0516. The first-order valence-electron chi connectivity index (χ1n) is 7.15. The maximum atomic E-state index is 6.39. The van der Waals surface area contributed by atoms with E-state index < -0.39 is 0 Å². The molecule has 0 radical (unpaired) electrons. The van der Waals surface area contributed by atoms with E-state index in [2.05, 4.69) is 36.6 Å². The second-order valence-electron chi connectivity index (χ2n) is 6.07. The van der Waals surface area contributed by atoms with Gasteiger partial charge in [0.1, 0.15) is 5.82 Å². The lowest BCUT2D eigenvalue weighted by Crippen LogP contribution is -2.28. The van der Waals surface area contributed by atoms with E-state index in [1.54, 1.807) is 0 Å². The van der Waals surface area contributed by atoms with Crippen molar-refractivity contribution >= 4 is 22.6 Å². The molecule has 3 heteroatoms. The van der Waals surface area contributed by atoms with Gasteiger partial charge in [0.2, 0.25) is 0 Å². The predicted octanol–water partition coefficient (Wildman–Crippen LogP) is 4.93. The van der Waals surface area contributed by atoms with E-state index in [1.807, 2.05) is 6.92 Å². The number of nitrogens with zero attached hydrogens (tertiary/aromatic N) is 2. The fraction of sp³-hybridized carbons (Fsp3) is 0.562. The number of hydrogen-bond donors (Lipinski definition) is 0. The number of aromatic nitrogens is 2. The average Bonchev–Trinajstić information content (AvgIpc) is 2.94. The number of benzene rings is 1. The first-order valence-corrected chi connectivity index (χ1v) is 7.59. The van der Waals surface area contributed by atoms with Crippen LogP contribution in [0.2, 0.25) is 0 Å². The van der Waals surface area contributed by atoms with Gasteiger partial charge in [-0.25, -0.2) is 4.98 Å². The van der Waals surface area contributed by atoms with Crippen LogP contribution in [0.3, 0.4) is 0 Å². The number of halogens is 1. The fourth-order valence-corrected chi connectivity index (χ4v) is 3.63. The van der Waals surface area contributed by atoms with Gasteiger partial charge >= 0.3 is 0 Å². The number of rotatable bonds is 2. The van der Waals surface area contributed by atoms with Crippen molar-refractivity contribution in [3.05, 3.63) is 29.6 Å². The van der Waals surface area contributed by atoms with Crippen molar-refractivity contribution in [3.63, 3.8) is 0 Å². The third kappa shape index (κ3) is 1.97. The molecular formula is C16H21ClN2. The van der Waals surface area contributed by atoms with Crippen molar-refractivity contribution in [1.82, 2.24) is 9.55 Å². The Morgan fingerprint density at radius 2 is 2.00 bits per heavy atom. The molecule has 0 bridgehead atoms. The molecule has 1 unspecified atom stereocenters. The van der Waals surface area contributed by atoms with Gasteiger partial charge in [0.15, 0.2) is 0 Å². The molecule has 1 heterocycles. The fourth-order valence-electron chi connectivity index (χ4n) is 3.49. The molecular weight excluding hydrogens is 256 g/mol. The largest absolute Gasteiger partial charge is 0.321 e. The zero-order valence-corrected chi connectivity index (χ0v) is 12.7. The van der Waals surface area contributed by atoms with Gasteiger partial charge < -0.3 is 4.57 Å². The first-order chi connectivity index (χ1) is 9.03. The Morgan fingerprint density at radius 3 is 2.63 bits per heavy atom. The summed E-state index contributed by atoms with van der Waals surface area (Å²) in [6.07, 6.45) is 5.06. The average molecular weight is 277 g/mol. The Labute approximate surface area is 119 Å². The van der Waals surface area contributed by atoms with Crippen LogP contribution in [0.1, 0.15) is 56.3 Å². The molecule has 0 amide bonds. The molecule has 2 nitrogen and oxygen atoms in total. The minimum absolute atomic E-state index is 0.0516. The lowest BCUT2D eigenvalue weighted by atomic mass is 9.99. The third-order valence-electron chi connectivity index (χ3n) is 4.48. The molecule has 1 aromatic heterocycles. The maximum Gasteiger partial charge on any atom is 0.128 e. The van der Waals surface area contributed by atoms with Crippen molar-refractivity contribution in [1.29, 1.82) is 0 Å². The lowest BCUT2D eigenvalue weighted by molar-refractivity contribution is 0.328. The van der Waals surface area contributed by atoms with Crippen LogP contribution in [0.4, 0.5) is 0 Å². The lowest BCUT2D eigenvalue weighted by Gasteiger charge is -2.30. The standard InChI is InChI=1S/C16H21ClN2/c1-11-7-6-8-13-14(11)19(15(18-13)12(2)17)16(3)9-4-5-10-16/h6-8,12H,4-5,9-10H2,1-3H3. The SMILES string of the molecule is Cc1cccc2nc(C(C)Cl)n(C3(C)CCCC3)c12. The van der Waals surface area contributed by atoms with E-state index in [9.17, 15) is 0 Å². The number of alkyl halides is 1. The number of aryl methyl sites for hydroxylation is 1. The Kier molecular flexibility index (Phi) is 3.09. The predicted molar refractivity (Wildman–Crippen MR) is 80.9 cm³/mol. The van der Waals surface area contributed by atoms with Crippen molar-refractivity contribution < 1.29 is 0 Å². The van der Waals surface area contributed by atoms with Crippen LogP contribution in [-0.2, 0) is 5.54 Å². The summed E-state index contributed by atoms with van der Waals surface area (Å²) in [5.41, 5.74) is 3.83. The molecule has 1 aliphatic carbocycles. The van der Waals surface area contributed by atoms with Gasteiger partial charge in [-0.3, -0.25) is 0 Å². The van der Waals surface area contributed by atoms with Gasteiger partial charge in [-0.05, 0) is 45.2 Å². The van der Waals surface area contributed by atoms with Crippen molar-refractivity contribution in [2.75, 3.05) is 0 Å². The van der Waals surface area contributed by atoms with Crippen LogP contribution >= 0.6 is 11.6 Å². The Bertz CT molecular complexity index is 606. The minimum atomic E-state index is -0.0516. The summed E-state index contributed by atoms with van der Waals surface area (Å²) < 4.78 is 2.43. The normalized spacial score (nSPS) is 20.0. The van der Waals surface area contributed by atoms with Gasteiger partial charge in [0.05, 0.1) is 16.4 Å². The Morgan fingerprint density at radius 1 is 1.32 bits per heavy atom. The second kappa shape index (κ2) is 4.52. The van der Waals surface area contributed by atoms with Gasteiger partial charge in [-0.1, -0.05) is 25.0 Å². The molecule has 102 valence electrons. The molecule has 0 saturated heterocycles. The van der Waals surface area contributed by atoms with Gasteiger partial charge in [0, 0.05) is 5.54 Å². The minimum Gasteiger partial charge on any atom is -0.321 e. The molecule has 19 heavy (non-hydrogen) atoms. The zero-order chi connectivity index (χ0) is 13.6. The molecule has 1 aromatic carbocycles. The quantitative estimate of drug-likeness (QED) is 0.711. The van der Waals surface area contributed by atoms with Crippen LogP contribution in [0.15, 0.2) is 18.2 Å². The van der Waals surface area contributed by atoms with E-state index in [4.69, 9.17) is 16.6 Å². The number of hydrogen-bond acceptors (Lipinski definition) is 1. The summed E-state index contributed by atoms with van der Waals surface area (Å²) in [5.74, 6) is 1.02. The highest BCUT2D eigenvalue weighted by atomic mass is 35.5. The summed E-state index contributed by atoms with van der Waals surface area (Å²) >= 11 is 6.39. The Balaban J connectivity index is 2.33. The van der Waals surface area contributed by atoms with Crippen LogP contribution in [0, 0.1) is 6.92 Å². The number of fused-ring (bicyclic) bond motifs is 1. The molecule has 1 saturated carbocycles. The second-order valence-corrected chi connectivity index (χ2v) is 6.72. The third-order valence-corrected chi connectivity index (χ3v) is 4.68. The topological polar surface area (TPSA) is 17.8 Å². The van der Waals surface area contributed by atoms with E-state index in [0.29, 0.717) is 0 Å². The summed E-state index contributed by atoms with van der Waals surface area (Å²) in [7, 11) is 0. The Hall–Kier alpha value is -1.02. The van der Waals surface area contributed by atoms with Gasteiger partial charge in [0.25, 0.3) is 0 Å². The van der Waals surface area contributed by atoms with E-state index in [-0.39, 0.29) is 10.9 Å². The molecule has 2 aromatic rings. The highest BCUT2D eigenvalue weighted by Gasteiger charge is 2.35. The molecule has 0 aliphatic heterocycles. The van der Waals surface area contributed by atoms with Crippen molar-refractivity contribution in [3.8, 4) is 0 Å². The van der Waals surface area contributed by atoms with Crippen molar-refractivity contribution in [2.24, 2.45) is 0 Å². The summed E-state index contributed by atoms with van der Waals surface area (Å²) in [6, 6.07) is 6.34. The van der Waals surface area contributed by atoms with Crippen LogP contribution in [0.25, 0.3) is 11.0 Å². The van der Waals surface area contributed by atoms with E-state index >= 15 is 0 Å². The highest BCUT2D eigenvalue weighted by molar-refractivity contribution is 6.20. The molecule has 1 fully saturated rings. The van der Waals surface area contributed by atoms with Gasteiger partial charge in [-0.2, -0.15) is 0 Å². The summed E-state index contributed by atoms with van der Waals surface area (Å²) in [6.45, 7) is 6.55. The molecule has 1 atom stereocenters. The molecule has 3 rings (SSSR count). The number of imidazole rings is 1.